The molecule has 0 saturated carbocycles. The molecule has 0 aliphatic carbocycles. The molecule has 0 saturated heterocycles. The van der Waals surface area contributed by atoms with Gasteiger partial charge in [0.25, 0.3) is 5.69 Å². The minimum absolute atomic E-state index is 0.0781. The Morgan fingerprint density at radius 2 is 2.05 bits per heavy atom. The Balaban J connectivity index is 2.42. The highest BCUT2D eigenvalue weighted by atomic mass is 19.1. The summed E-state index contributed by atoms with van der Waals surface area (Å²) in [6.45, 7) is 0. The third-order valence-electron chi connectivity index (χ3n) is 2.64. The van der Waals surface area contributed by atoms with Gasteiger partial charge in [0.2, 0.25) is 0 Å². The molecule has 0 atom stereocenters. The Hall–Kier alpha value is -3.21. The molecular formula is C13H10FN5O2. The number of benzene rings is 1. The van der Waals surface area contributed by atoms with Crippen LogP contribution in [0.4, 0.5) is 27.4 Å². The number of pyridine rings is 1. The summed E-state index contributed by atoms with van der Waals surface area (Å²) >= 11 is 0. The molecule has 2 aromatic rings. The number of nitrogens with one attached hydrogen (secondary N) is 2. The van der Waals surface area contributed by atoms with Crippen molar-refractivity contribution in [3.8, 4) is 6.07 Å². The minimum atomic E-state index is -0.552. The van der Waals surface area contributed by atoms with Crippen LogP contribution >= 0.6 is 0 Å². The van der Waals surface area contributed by atoms with Gasteiger partial charge < -0.3 is 10.6 Å². The van der Waals surface area contributed by atoms with Gasteiger partial charge in [0.15, 0.2) is 0 Å². The van der Waals surface area contributed by atoms with E-state index in [4.69, 9.17) is 5.26 Å². The molecule has 106 valence electrons. The van der Waals surface area contributed by atoms with Gasteiger partial charge in [-0.15, -0.1) is 0 Å². The zero-order valence-electron chi connectivity index (χ0n) is 10.9. The molecule has 1 aromatic heterocycles. The van der Waals surface area contributed by atoms with Gasteiger partial charge in [-0.25, -0.2) is 9.37 Å². The number of aromatic nitrogens is 1. The molecule has 1 heterocycles. The van der Waals surface area contributed by atoms with E-state index < -0.39 is 10.7 Å². The third-order valence-corrected chi connectivity index (χ3v) is 2.64. The first-order valence-corrected chi connectivity index (χ1v) is 5.84. The number of anilines is 3. The fourth-order valence-electron chi connectivity index (χ4n) is 1.67. The number of halogens is 1. The first-order chi connectivity index (χ1) is 10.0. The van der Waals surface area contributed by atoms with E-state index in [1.165, 1.54) is 24.3 Å². The normalized spacial score (nSPS) is 9.76. The second kappa shape index (κ2) is 5.83. The van der Waals surface area contributed by atoms with E-state index in [1.807, 2.05) is 6.07 Å². The van der Waals surface area contributed by atoms with Gasteiger partial charge in [0, 0.05) is 7.05 Å². The van der Waals surface area contributed by atoms with Crippen LogP contribution in [0.3, 0.4) is 0 Å². The van der Waals surface area contributed by atoms with Crippen molar-refractivity contribution in [2.75, 3.05) is 17.7 Å². The molecule has 7 nitrogen and oxygen atoms in total. The maximum Gasteiger partial charge on any atom is 0.276 e. The van der Waals surface area contributed by atoms with Gasteiger partial charge >= 0.3 is 0 Å². The van der Waals surface area contributed by atoms with E-state index in [2.05, 4.69) is 15.6 Å². The highest BCUT2D eigenvalue weighted by Gasteiger charge is 2.12. The molecule has 0 aliphatic rings. The molecule has 0 amide bonds. The lowest BCUT2D eigenvalue weighted by atomic mass is 10.2. The lowest BCUT2D eigenvalue weighted by Gasteiger charge is -2.09. The predicted molar refractivity (Wildman–Crippen MR) is 74.8 cm³/mol. The molecule has 2 rings (SSSR count). The summed E-state index contributed by atoms with van der Waals surface area (Å²) in [7, 11) is 1.58. The summed E-state index contributed by atoms with van der Waals surface area (Å²) < 4.78 is 13.1. The van der Waals surface area contributed by atoms with Crippen LogP contribution in [0.2, 0.25) is 0 Å². The van der Waals surface area contributed by atoms with Crippen molar-refractivity contribution in [3.05, 3.63) is 51.8 Å². The molecule has 2 N–H and O–H groups in total. The van der Waals surface area contributed by atoms with Gasteiger partial charge in [0.1, 0.15) is 23.5 Å². The van der Waals surface area contributed by atoms with Crippen molar-refractivity contribution in [2.24, 2.45) is 0 Å². The summed E-state index contributed by atoms with van der Waals surface area (Å²) in [5, 5.41) is 25.3. The molecule has 0 aliphatic heterocycles. The first-order valence-electron chi connectivity index (χ1n) is 5.84. The topological polar surface area (TPSA) is 104 Å². The van der Waals surface area contributed by atoms with Crippen LogP contribution in [0.5, 0.6) is 0 Å². The maximum atomic E-state index is 13.1. The van der Waals surface area contributed by atoms with Gasteiger partial charge in [0.05, 0.1) is 28.3 Å². The highest BCUT2D eigenvalue weighted by molar-refractivity contribution is 5.67. The fourth-order valence-corrected chi connectivity index (χ4v) is 1.67. The van der Waals surface area contributed by atoms with Gasteiger partial charge in [-0.1, -0.05) is 0 Å². The Morgan fingerprint density at radius 1 is 1.33 bits per heavy atom. The largest absolute Gasteiger partial charge is 0.373 e. The van der Waals surface area contributed by atoms with Crippen LogP contribution in [0.25, 0.3) is 0 Å². The van der Waals surface area contributed by atoms with Crippen LogP contribution < -0.4 is 10.6 Å². The third kappa shape index (κ3) is 3.22. The highest BCUT2D eigenvalue weighted by Crippen LogP contribution is 2.25. The molecule has 1 aromatic carbocycles. The minimum Gasteiger partial charge on any atom is -0.373 e. The molecule has 0 fully saturated rings. The second-order valence-electron chi connectivity index (χ2n) is 4.03. The number of hydrogen-bond donors (Lipinski definition) is 2. The summed E-state index contributed by atoms with van der Waals surface area (Å²) in [5.74, 6) is -0.0657. The van der Waals surface area contributed by atoms with Crippen molar-refractivity contribution in [2.45, 2.75) is 0 Å². The molecule has 0 bridgehead atoms. The Kier molecular flexibility index (Phi) is 3.95. The van der Waals surface area contributed by atoms with Crippen molar-refractivity contribution >= 4 is 23.0 Å². The lowest BCUT2D eigenvalue weighted by molar-refractivity contribution is -0.384. The van der Waals surface area contributed by atoms with Crippen molar-refractivity contribution in [3.63, 3.8) is 0 Å². The SMILES string of the molecule is CNc1cc([N+](=O)[O-])cc(Nc2ccc(F)cc2C#N)n1. The smallest absolute Gasteiger partial charge is 0.276 e. The first kappa shape index (κ1) is 14.2. The number of rotatable bonds is 4. The number of nitro groups is 1. The Bertz CT molecular complexity index is 742. The van der Waals surface area contributed by atoms with Gasteiger partial charge in [-0.3, -0.25) is 10.1 Å². The quantitative estimate of drug-likeness (QED) is 0.662. The number of nitrogens with zero attached hydrogens (tertiary/aromatic N) is 3. The van der Waals surface area contributed by atoms with Crippen LogP contribution in [0.1, 0.15) is 5.56 Å². The molecule has 0 unspecified atom stereocenters. The average molecular weight is 287 g/mol. The van der Waals surface area contributed by atoms with E-state index in [-0.39, 0.29) is 17.1 Å². The summed E-state index contributed by atoms with van der Waals surface area (Å²) in [6, 6.07) is 7.97. The number of nitriles is 1. The second-order valence-corrected chi connectivity index (χ2v) is 4.03. The van der Waals surface area contributed by atoms with Gasteiger partial charge in [-0.05, 0) is 18.2 Å². The van der Waals surface area contributed by atoms with E-state index in [0.717, 1.165) is 6.07 Å². The molecule has 0 spiro atoms. The van der Waals surface area contributed by atoms with E-state index in [9.17, 15) is 14.5 Å². The molecular weight excluding hydrogens is 277 g/mol. The molecule has 8 heteroatoms. The Morgan fingerprint density at radius 3 is 2.67 bits per heavy atom. The van der Waals surface area contributed by atoms with Crippen LogP contribution in [-0.4, -0.2) is 17.0 Å². The van der Waals surface area contributed by atoms with Gasteiger partial charge in [-0.2, -0.15) is 5.26 Å². The standard InChI is InChI=1S/C13H10FN5O2/c1-16-12-5-10(19(20)21)6-13(18-12)17-11-3-2-9(14)4-8(11)7-15/h2-6H,1H3,(H2,16,17,18). The summed E-state index contributed by atoms with van der Waals surface area (Å²) in [6.07, 6.45) is 0. The van der Waals surface area contributed by atoms with E-state index in [0.29, 0.717) is 11.5 Å². The summed E-state index contributed by atoms with van der Waals surface area (Å²) in [4.78, 5) is 14.4. The summed E-state index contributed by atoms with van der Waals surface area (Å²) in [5.41, 5.74) is 0.237. The van der Waals surface area contributed by atoms with Crippen LogP contribution in [0, 0.1) is 27.3 Å². The monoisotopic (exact) mass is 287 g/mol. The maximum absolute atomic E-state index is 13.1. The van der Waals surface area contributed by atoms with Crippen molar-refractivity contribution in [1.29, 1.82) is 5.26 Å². The average Bonchev–Trinajstić information content (AvgIpc) is 2.48. The fraction of sp³-hybridized carbons (Fsp3) is 0.0769. The van der Waals surface area contributed by atoms with Crippen molar-refractivity contribution in [1.82, 2.24) is 4.98 Å². The van der Waals surface area contributed by atoms with Crippen LogP contribution in [-0.2, 0) is 0 Å². The molecule has 21 heavy (non-hydrogen) atoms. The number of hydrogen-bond acceptors (Lipinski definition) is 6. The van der Waals surface area contributed by atoms with E-state index >= 15 is 0 Å². The zero-order chi connectivity index (χ0) is 15.4. The van der Waals surface area contributed by atoms with Crippen LogP contribution in [0.15, 0.2) is 30.3 Å². The molecule has 0 radical (unpaired) electrons. The predicted octanol–water partition coefficient (Wildman–Crippen LogP) is 2.79. The lowest BCUT2D eigenvalue weighted by Crippen LogP contribution is -2.01. The zero-order valence-corrected chi connectivity index (χ0v) is 10.9. The van der Waals surface area contributed by atoms with E-state index in [1.54, 1.807) is 7.05 Å². The van der Waals surface area contributed by atoms with Crippen molar-refractivity contribution < 1.29 is 9.31 Å². The Labute approximate surface area is 119 Å².